The van der Waals surface area contributed by atoms with Gasteiger partial charge in [0, 0.05) is 37.2 Å². The second-order valence-corrected chi connectivity index (χ2v) is 8.79. The van der Waals surface area contributed by atoms with E-state index in [1.54, 1.807) is 7.11 Å². The van der Waals surface area contributed by atoms with Gasteiger partial charge in [-0.15, -0.1) is 24.0 Å². The molecule has 180 valence electrons. The maximum Gasteiger partial charge on any atom is 0.225 e. The molecule has 2 fully saturated rings. The van der Waals surface area contributed by atoms with Crippen LogP contribution in [0, 0.1) is 5.92 Å². The molecule has 2 N–H and O–H groups in total. The van der Waals surface area contributed by atoms with Gasteiger partial charge in [0.15, 0.2) is 5.96 Å². The van der Waals surface area contributed by atoms with E-state index in [1.807, 2.05) is 30.9 Å². The average Bonchev–Trinajstić information content (AvgIpc) is 3.46. The Bertz CT molecular complexity index is 752. The molecular formula is C24H40IN5O2. The molecule has 2 aliphatic rings. The van der Waals surface area contributed by atoms with Crippen LogP contribution in [0.2, 0.25) is 0 Å². The van der Waals surface area contributed by atoms with Gasteiger partial charge < -0.3 is 20.3 Å². The molecule has 2 heterocycles. The second-order valence-electron chi connectivity index (χ2n) is 8.79. The molecule has 2 aliphatic heterocycles. The first kappa shape index (κ1) is 26.7. The summed E-state index contributed by atoms with van der Waals surface area (Å²) in [5.41, 5.74) is 1.20. The van der Waals surface area contributed by atoms with Crippen molar-refractivity contribution in [3.05, 3.63) is 29.8 Å². The molecule has 0 spiro atoms. The van der Waals surface area contributed by atoms with Gasteiger partial charge in [0.25, 0.3) is 0 Å². The Morgan fingerprint density at radius 2 is 1.94 bits per heavy atom. The number of halogens is 1. The molecule has 0 radical (unpaired) electrons. The maximum absolute atomic E-state index is 12.3. The molecule has 0 saturated carbocycles. The average molecular weight is 558 g/mol. The zero-order chi connectivity index (χ0) is 22.2. The van der Waals surface area contributed by atoms with E-state index in [4.69, 9.17) is 9.73 Å². The van der Waals surface area contributed by atoms with E-state index in [9.17, 15) is 4.79 Å². The van der Waals surface area contributed by atoms with Gasteiger partial charge in [-0.2, -0.15) is 0 Å². The van der Waals surface area contributed by atoms with Crippen molar-refractivity contribution in [3.63, 3.8) is 0 Å². The molecule has 3 rings (SSSR count). The number of hydrogen-bond acceptors (Lipinski definition) is 4. The Morgan fingerprint density at radius 1 is 1.22 bits per heavy atom. The minimum Gasteiger partial charge on any atom is -0.496 e. The fraction of sp³-hybridized carbons (Fsp3) is 0.667. The minimum atomic E-state index is 0. The van der Waals surface area contributed by atoms with Crippen LogP contribution in [-0.2, 0) is 4.79 Å². The van der Waals surface area contributed by atoms with Crippen LogP contribution in [0.1, 0.15) is 51.6 Å². The first-order valence-electron chi connectivity index (χ1n) is 11.7. The first-order valence-corrected chi connectivity index (χ1v) is 11.7. The predicted molar refractivity (Wildman–Crippen MR) is 141 cm³/mol. The molecule has 7 nitrogen and oxygen atoms in total. The number of methoxy groups -OCH3 is 1. The van der Waals surface area contributed by atoms with E-state index in [1.165, 1.54) is 18.4 Å². The lowest BCUT2D eigenvalue weighted by Gasteiger charge is -2.28. The highest BCUT2D eigenvalue weighted by Crippen LogP contribution is 2.31. The van der Waals surface area contributed by atoms with Crippen LogP contribution in [0.25, 0.3) is 0 Å². The Morgan fingerprint density at radius 3 is 2.59 bits per heavy atom. The predicted octanol–water partition coefficient (Wildman–Crippen LogP) is 3.26. The van der Waals surface area contributed by atoms with Gasteiger partial charge in [0.2, 0.25) is 5.91 Å². The van der Waals surface area contributed by atoms with Crippen LogP contribution in [0.15, 0.2) is 29.3 Å². The minimum absolute atomic E-state index is 0. The fourth-order valence-corrected chi connectivity index (χ4v) is 4.54. The lowest BCUT2D eigenvalue weighted by atomic mass is 10.0. The van der Waals surface area contributed by atoms with Crippen molar-refractivity contribution >= 4 is 35.8 Å². The zero-order valence-corrected chi connectivity index (χ0v) is 22.3. The summed E-state index contributed by atoms with van der Waals surface area (Å²) in [5, 5.41) is 6.95. The molecule has 8 heteroatoms. The number of amides is 1. The summed E-state index contributed by atoms with van der Waals surface area (Å²) in [5.74, 6) is 2.02. The van der Waals surface area contributed by atoms with Crippen LogP contribution in [0.4, 0.5) is 0 Å². The summed E-state index contributed by atoms with van der Waals surface area (Å²) in [6, 6.07) is 8.71. The van der Waals surface area contributed by atoms with Gasteiger partial charge in [-0.25, -0.2) is 0 Å². The number of benzene rings is 1. The maximum atomic E-state index is 12.3. The van der Waals surface area contributed by atoms with Gasteiger partial charge in [0.1, 0.15) is 5.75 Å². The number of aliphatic imine (C=N–C) groups is 1. The van der Waals surface area contributed by atoms with Gasteiger partial charge in [-0.1, -0.05) is 32.0 Å². The number of likely N-dealkylation sites (tertiary alicyclic amines) is 2. The molecule has 2 atom stereocenters. The number of guanidine groups is 1. The van der Waals surface area contributed by atoms with E-state index in [-0.39, 0.29) is 47.9 Å². The number of carbonyl (C=O) groups is 1. The van der Waals surface area contributed by atoms with Crippen LogP contribution >= 0.6 is 24.0 Å². The van der Waals surface area contributed by atoms with Crippen LogP contribution < -0.4 is 15.4 Å². The Kier molecular flexibility index (Phi) is 11.0. The summed E-state index contributed by atoms with van der Waals surface area (Å²) in [4.78, 5) is 21.8. The molecule has 0 bridgehead atoms. The van der Waals surface area contributed by atoms with E-state index in [0.717, 1.165) is 50.9 Å². The third-order valence-corrected chi connectivity index (χ3v) is 6.18. The highest BCUT2D eigenvalue weighted by Gasteiger charge is 2.29. The van der Waals surface area contributed by atoms with Crippen molar-refractivity contribution in [3.8, 4) is 5.75 Å². The molecule has 32 heavy (non-hydrogen) atoms. The SMILES string of the molecule is CCNC(=NCC(c1ccccc1OC)N1CCCC1)NC1CCN(C(=O)C(C)C)C1.I. The lowest BCUT2D eigenvalue weighted by Crippen LogP contribution is -2.45. The zero-order valence-electron chi connectivity index (χ0n) is 20.0. The van der Waals surface area contributed by atoms with Gasteiger partial charge in [-0.05, 0) is 45.3 Å². The van der Waals surface area contributed by atoms with Crippen molar-refractivity contribution in [2.45, 2.75) is 52.1 Å². The summed E-state index contributed by atoms with van der Waals surface area (Å²) >= 11 is 0. The molecule has 2 saturated heterocycles. The third-order valence-electron chi connectivity index (χ3n) is 6.18. The van der Waals surface area contributed by atoms with E-state index in [0.29, 0.717) is 6.54 Å². The van der Waals surface area contributed by atoms with Crippen LogP contribution in [0.5, 0.6) is 5.75 Å². The number of ether oxygens (including phenoxy) is 1. The Balaban J connectivity index is 0.00000363. The lowest BCUT2D eigenvalue weighted by molar-refractivity contribution is -0.133. The largest absolute Gasteiger partial charge is 0.496 e. The normalized spacial score (nSPS) is 20.2. The number of hydrogen-bond donors (Lipinski definition) is 2. The summed E-state index contributed by atoms with van der Waals surface area (Å²) in [6.07, 6.45) is 3.41. The molecular weight excluding hydrogens is 517 g/mol. The van der Waals surface area contributed by atoms with Crippen molar-refractivity contribution < 1.29 is 9.53 Å². The highest BCUT2D eigenvalue weighted by molar-refractivity contribution is 14.0. The summed E-state index contributed by atoms with van der Waals surface area (Å²) in [7, 11) is 1.74. The molecule has 0 aliphatic carbocycles. The van der Waals surface area contributed by atoms with Crippen molar-refractivity contribution in [1.82, 2.24) is 20.4 Å². The van der Waals surface area contributed by atoms with Crippen molar-refractivity contribution in [1.29, 1.82) is 0 Å². The molecule has 0 aromatic heterocycles. The summed E-state index contributed by atoms with van der Waals surface area (Å²) < 4.78 is 5.66. The van der Waals surface area contributed by atoms with Crippen LogP contribution in [0.3, 0.4) is 0 Å². The van der Waals surface area contributed by atoms with Gasteiger partial charge in [0.05, 0.1) is 19.7 Å². The molecule has 1 aromatic rings. The number of para-hydroxylation sites is 1. The molecule has 1 amide bonds. The van der Waals surface area contributed by atoms with Crippen molar-refractivity contribution in [2.75, 3.05) is 46.4 Å². The number of rotatable bonds is 8. The molecule has 2 unspecified atom stereocenters. The van der Waals surface area contributed by atoms with Crippen LogP contribution in [-0.4, -0.2) is 74.1 Å². The first-order chi connectivity index (χ1) is 15.0. The Labute approximate surface area is 210 Å². The standard InChI is InChI=1S/C24H39N5O2.HI/c1-5-25-24(27-19-12-15-29(17-19)23(30)18(2)3)26-16-21(28-13-8-9-14-28)20-10-6-7-11-22(20)31-4;/h6-7,10-11,18-19,21H,5,8-9,12-17H2,1-4H3,(H2,25,26,27);1H. The monoisotopic (exact) mass is 557 g/mol. The highest BCUT2D eigenvalue weighted by atomic mass is 127. The van der Waals surface area contributed by atoms with Gasteiger partial charge in [-0.3, -0.25) is 14.7 Å². The Hall–Kier alpha value is -1.55. The molecule has 1 aromatic carbocycles. The van der Waals surface area contributed by atoms with Gasteiger partial charge >= 0.3 is 0 Å². The smallest absolute Gasteiger partial charge is 0.225 e. The quantitative estimate of drug-likeness (QED) is 0.292. The fourth-order valence-electron chi connectivity index (χ4n) is 4.54. The number of carbonyl (C=O) groups excluding carboxylic acids is 1. The third kappa shape index (κ3) is 6.97. The number of nitrogens with one attached hydrogen (secondary N) is 2. The van der Waals surface area contributed by atoms with Crippen molar-refractivity contribution in [2.24, 2.45) is 10.9 Å². The topological polar surface area (TPSA) is 69.2 Å². The second kappa shape index (κ2) is 13.2. The van der Waals surface area contributed by atoms with E-state index < -0.39 is 0 Å². The number of nitrogens with zero attached hydrogens (tertiary/aromatic N) is 3. The summed E-state index contributed by atoms with van der Waals surface area (Å²) in [6.45, 7) is 11.2. The van der Waals surface area contributed by atoms with E-state index in [2.05, 4.69) is 34.6 Å². The van der Waals surface area contributed by atoms with E-state index >= 15 is 0 Å².